The first kappa shape index (κ1) is 24.9. The summed E-state index contributed by atoms with van der Waals surface area (Å²) in [7, 11) is -3.67. The highest BCUT2D eigenvalue weighted by Gasteiger charge is 2.25. The molecule has 0 spiro atoms. The second-order valence-corrected chi connectivity index (χ2v) is 10.4. The van der Waals surface area contributed by atoms with Crippen molar-refractivity contribution in [3.63, 3.8) is 0 Å². The predicted molar refractivity (Wildman–Crippen MR) is 135 cm³/mol. The van der Waals surface area contributed by atoms with Crippen molar-refractivity contribution >= 4 is 27.3 Å². The molecular weight excluding hydrogens is 466 g/mol. The van der Waals surface area contributed by atoms with Crippen LogP contribution in [-0.2, 0) is 10.0 Å². The fourth-order valence-corrected chi connectivity index (χ4v) is 5.76. The molecule has 0 aliphatic carbocycles. The standard InChI is InChI=1S/C25H31N5O4S/c1-4-30(5-2)35(32,33)21-13-14-23(29-15-7-6-8-16-29)22(17-21)27-24(31)19-9-11-20(12-10-19)25-26-18(3)28-34-25/h9-14,17H,4-8,15-16H2,1-3H3,(H,27,31). The lowest BCUT2D eigenvalue weighted by atomic mass is 10.1. The molecule has 1 aliphatic rings. The second kappa shape index (κ2) is 10.6. The van der Waals surface area contributed by atoms with Gasteiger partial charge in [0, 0.05) is 37.3 Å². The minimum Gasteiger partial charge on any atom is -0.370 e. The van der Waals surface area contributed by atoms with E-state index < -0.39 is 10.0 Å². The topological polar surface area (TPSA) is 109 Å². The molecule has 0 radical (unpaired) electrons. The van der Waals surface area contributed by atoms with Crippen LogP contribution < -0.4 is 10.2 Å². The number of carbonyl (C=O) groups is 1. The maximum atomic E-state index is 13.2. The lowest BCUT2D eigenvalue weighted by molar-refractivity contribution is 0.102. The van der Waals surface area contributed by atoms with Crippen molar-refractivity contribution in [3.8, 4) is 11.5 Å². The van der Waals surface area contributed by atoms with Gasteiger partial charge in [-0.25, -0.2) is 8.42 Å². The quantitative estimate of drug-likeness (QED) is 0.494. The molecule has 35 heavy (non-hydrogen) atoms. The molecule has 2 heterocycles. The summed E-state index contributed by atoms with van der Waals surface area (Å²) < 4.78 is 32.9. The van der Waals surface area contributed by atoms with Crippen LogP contribution in [0.2, 0.25) is 0 Å². The van der Waals surface area contributed by atoms with E-state index in [4.69, 9.17) is 4.52 Å². The van der Waals surface area contributed by atoms with E-state index in [0.717, 1.165) is 31.6 Å². The van der Waals surface area contributed by atoms with Crippen LogP contribution in [0.15, 0.2) is 51.9 Å². The highest BCUT2D eigenvalue weighted by atomic mass is 32.2. The van der Waals surface area contributed by atoms with Gasteiger partial charge < -0.3 is 14.7 Å². The van der Waals surface area contributed by atoms with Crippen LogP contribution >= 0.6 is 0 Å². The van der Waals surface area contributed by atoms with Crippen LogP contribution in [0.3, 0.4) is 0 Å². The second-order valence-electron chi connectivity index (χ2n) is 8.49. The lowest BCUT2D eigenvalue weighted by Gasteiger charge is -2.31. The number of nitrogens with zero attached hydrogens (tertiary/aromatic N) is 4. The van der Waals surface area contributed by atoms with Gasteiger partial charge in [0.15, 0.2) is 5.82 Å². The molecule has 1 amide bonds. The maximum Gasteiger partial charge on any atom is 0.257 e. The van der Waals surface area contributed by atoms with E-state index in [0.29, 0.717) is 41.6 Å². The molecule has 1 aromatic heterocycles. The molecule has 0 unspecified atom stereocenters. The molecule has 0 atom stereocenters. The molecule has 1 saturated heterocycles. The number of piperidine rings is 1. The number of hydrogen-bond donors (Lipinski definition) is 1. The van der Waals surface area contributed by atoms with Crippen LogP contribution in [-0.4, -0.2) is 54.9 Å². The first-order chi connectivity index (χ1) is 16.8. The average Bonchev–Trinajstić information content (AvgIpc) is 3.31. The Kier molecular flexibility index (Phi) is 7.51. The van der Waals surface area contributed by atoms with E-state index in [-0.39, 0.29) is 10.8 Å². The Morgan fingerprint density at radius 1 is 1.06 bits per heavy atom. The summed E-state index contributed by atoms with van der Waals surface area (Å²) in [6, 6.07) is 11.9. The first-order valence-corrected chi connectivity index (χ1v) is 13.4. The molecule has 9 nitrogen and oxygen atoms in total. The van der Waals surface area contributed by atoms with Crippen molar-refractivity contribution in [1.82, 2.24) is 14.4 Å². The van der Waals surface area contributed by atoms with Gasteiger partial charge in [0.25, 0.3) is 11.8 Å². The Morgan fingerprint density at radius 2 is 1.74 bits per heavy atom. The monoisotopic (exact) mass is 497 g/mol. The number of anilines is 2. The summed E-state index contributed by atoms with van der Waals surface area (Å²) in [5.41, 5.74) is 2.46. The SMILES string of the molecule is CCN(CC)S(=O)(=O)c1ccc(N2CCCCC2)c(NC(=O)c2ccc(-c3nc(C)no3)cc2)c1. The number of amides is 1. The van der Waals surface area contributed by atoms with Crippen molar-refractivity contribution in [2.75, 3.05) is 36.4 Å². The number of nitrogens with one attached hydrogen (secondary N) is 1. The zero-order valence-electron chi connectivity index (χ0n) is 20.3. The van der Waals surface area contributed by atoms with Gasteiger partial charge in [0.2, 0.25) is 10.0 Å². The summed E-state index contributed by atoms with van der Waals surface area (Å²) in [6.07, 6.45) is 3.28. The minimum atomic E-state index is -3.67. The number of hydrogen-bond acceptors (Lipinski definition) is 7. The van der Waals surface area contributed by atoms with E-state index in [2.05, 4.69) is 20.4 Å². The van der Waals surface area contributed by atoms with Gasteiger partial charge in [0.1, 0.15) is 0 Å². The normalized spacial score (nSPS) is 14.3. The van der Waals surface area contributed by atoms with Gasteiger partial charge >= 0.3 is 0 Å². The summed E-state index contributed by atoms with van der Waals surface area (Å²) in [6.45, 7) is 7.84. The maximum absolute atomic E-state index is 13.2. The van der Waals surface area contributed by atoms with Crippen molar-refractivity contribution in [2.45, 2.75) is 44.9 Å². The fraction of sp³-hybridized carbons (Fsp3) is 0.400. The molecule has 1 fully saturated rings. The molecule has 0 saturated carbocycles. The van der Waals surface area contributed by atoms with E-state index >= 15 is 0 Å². The van der Waals surface area contributed by atoms with E-state index in [1.54, 1.807) is 49.4 Å². The smallest absolute Gasteiger partial charge is 0.257 e. The highest BCUT2D eigenvalue weighted by Crippen LogP contribution is 2.32. The lowest BCUT2D eigenvalue weighted by Crippen LogP contribution is -2.32. The van der Waals surface area contributed by atoms with Gasteiger partial charge in [-0.05, 0) is 68.7 Å². The number of benzene rings is 2. The van der Waals surface area contributed by atoms with Gasteiger partial charge in [-0.3, -0.25) is 4.79 Å². The average molecular weight is 498 g/mol. The third kappa shape index (κ3) is 5.38. The minimum absolute atomic E-state index is 0.166. The molecule has 1 aliphatic heterocycles. The van der Waals surface area contributed by atoms with Crippen molar-refractivity contribution in [3.05, 3.63) is 53.9 Å². The van der Waals surface area contributed by atoms with E-state index in [1.807, 2.05) is 13.8 Å². The van der Waals surface area contributed by atoms with Crippen molar-refractivity contribution in [2.24, 2.45) is 0 Å². The van der Waals surface area contributed by atoms with E-state index in [1.165, 1.54) is 10.7 Å². The van der Waals surface area contributed by atoms with Crippen LogP contribution in [0.25, 0.3) is 11.5 Å². The Morgan fingerprint density at radius 3 is 2.34 bits per heavy atom. The first-order valence-electron chi connectivity index (χ1n) is 11.9. The number of sulfonamides is 1. The predicted octanol–water partition coefficient (Wildman–Crippen LogP) is 4.32. The Labute approximate surface area is 206 Å². The van der Waals surface area contributed by atoms with Gasteiger partial charge in [-0.2, -0.15) is 9.29 Å². The van der Waals surface area contributed by atoms with Crippen LogP contribution in [0.5, 0.6) is 0 Å². The molecule has 10 heteroatoms. The molecule has 2 aromatic carbocycles. The molecule has 1 N–H and O–H groups in total. The molecule has 4 rings (SSSR count). The third-order valence-corrected chi connectivity index (χ3v) is 8.22. The fourth-order valence-electron chi connectivity index (χ4n) is 4.27. The van der Waals surface area contributed by atoms with Crippen LogP contribution in [0.1, 0.15) is 49.3 Å². The van der Waals surface area contributed by atoms with Crippen LogP contribution in [0, 0.1) is 6.92 Å². The molecular formula is C25H31N5O4S. The van der Waals surface area contributed by atoms with Crippen molar-refractivity contribution in [1.29, 1.82) is 0 Å². The molecule has 186 valence electrons. The summed E-state index contributed by atoms with van der Waals surface area (Å²) in [4.78, 5) is 19.7. The van der Waals surface area contributed by atoms with Gasteiger partial charge in [-0.1, -0.05) is 19.0 Å². The highest BCUT2D eigenvalue weighted by molar-refractivity contribution is 7.89. The number of rotatable bonds is 8. The summed E-state index contributed by atoms with van der Waals surface area (Å²) in [5.74, 6) is 0.594. The summed E-state index contributed by atoms with van der Waals surface area (Å²) >= 11 is 0. The molecule has 3 aromatic rings. The Balaban J connectivity index is 1.64. The zero-order valence-corrected chi connectivity index (χ0v) is 21.1. The van der Waals surface area contributed by atoms with Gasteiger partial charge in [-0.15, -0.1) is 0 Å². The van der Waals surface area contributed by atoms with Gasteiger partial charge in [0.05, 0.1) is 16.3 Å². The van der Waals surface area contributed by atoms with Crippen molar-refractivity contribution < 1.29 is 17.7 Å². The third-order valence-electron chi connectivity index (χ3n) is 6.18. The zero-order chi connectivity index (χ0) is 25.0. The number of aryl methyl sites for hydroxylation is 1. The Bertz CT molecular complexity index is 1280. The number of aromatic nitrogens is 2. The molecule has 0 bridgehead atoms. The largest absolute Gasteiger partial charge is 0.370 e. The Hall–Kier alpha value is -3.24. The van der Waals surface area contributed by atoms with Crippen LogP contribution in [0.4, 0.5) is 11.4 Å². The number of carbonyl (C=O) groups excluding carboxylic acids is 1. The summed E-state index contributed by atoms with van der Waals surface area (Å²) in [5, 5.41) is 6.75. The van der Waals surface area contributed by atoms with E-state index in [9.17, 15) is 13.2 Å².